The maximum absolute atomic E-state index is 13.3. The van der Waals surface area contributed by atoms with E-state index in [1.54, 1.807) is 0 Å². The molecule has 3 nitrogen and oxygen atoms in total. The van der Waals surface area contributed by atoms with Crippen LogP contribution in [-0.4, -0.2) is 12.6 Å². The molecule has 0 aliphatic carbocycles. The van der Waals surface area contributed by atoms with E-state index in [0.717, 1.165) is 23.1 Å². The van der Waals surface area contributed by atoms with Crippen LogP contribution in [0.1, 0.15) is 18.9 Å². The van der Waals surface area contributed by atoms with Crippen LogP contribution in [0.25, 0.3) is 0 Å². The van der Waals surface area contributed by atoms with Crippen LogP contribution in [0.15, 0.2) is 46.2 Å². The monoisotopic (exact) mass is 353 g/mol. The molecule has 0 saturated carbocycles. The van der Waals surface area contributed by atoms with Gasteiger partial charge in [0.25, 0.3) is 0 Å². The molecule has 1 aliphatic rings. The molecule has 0 saturated heterocycles. The van der Waals surface area contributed by atoms with Crippen molar-refractivity contribution in [2.75, 3.05) is 17.2 Å². The lowest BCUT2D eigenvalue weighted by Crippen LogP contribution is -2.28. The van der Waals surface area contributed by atoms with Crippen molar-refractivity contribution in [1.29, 1.82) is 0 Å². The number of halogens is 3. The average Bonchev–Trinajstić information content (AvgIpc) is 2.56. The van der Waals surface area contributed by atoms with E-state index in [4.69, 9.17) is 5.73 Å². The maximum Gasteiger partial charge on any atom is 0.416 e. The van der Waals surface area contributed by atoms with Gasteiger partial charge in [0.2, 0.25) is 0 Å². The normalized spacial score (nSPS) is 14.4. The predicted octanol–water partition coefficient (Wildman–Crippen LogP) is 5.06. The summed E-state index contributed by atoms with van der Waals surface area (Å²) in [6.45, 7) is 2.30. The standard InChI is InChI=1S/C17H18F3N3S/c1-2-11(9-21)22-13-7-10(17(18,19)20)8-15-16(13)23-12-5-3-4-6-14(12)24-15/h3-8,11,22-23H,2,9,21H2,1H3. The van der Waals surface area contributed by atoms with Crippen LogP contribution in [0.3, 0.4) is 0 Å². The lowest BCUT2D eigenvalue weighted by molar-refractivity contribution is -0.137. The maximum atomic E-state index is 13.3. The van der Waals surface area contributed by atoms with Crippen molar-refractivity contribution in [2.45, 2.75) is 35.4 Å². The second kappa shape index (κ2) is 6.57. The molecule has 128 valence electrons. The molecule has 0 radical (unpaired) electrons. The highest BCUT2D eigenvalue weighted by molar-refractivity contribution is 7.99. The number of para-hydroxylation sites is 1. The predicted molar refractivity (Wildman–Crippen MR) is 92.0 cm³/mol. The van der Waals surface area contributed by atoms with Crippen LogP contribution >= 0.6 is 11.8 Å². The van der Waals surface area contributed by atoms with Gasteiger partial charge in [-0.05, 0) is 30.7 Å². The van der Waals surface area contributed by atoms with Crippen LogP contribution in [0.4, 0.5) is 30.2 Å². The zero-order valence-corrected chi connectivity index (χ0v) is 13.9. The number of alkyl halides is 3. The number of hydrogen-bond donors (Lipinski definition) is 3. The molecule has 4 N–H and O–H groups in total. The Kier molecular flexibility index (Phi) is 4.64. The van der Waals surface area contributed by atoms with Crippen LogP contribution in [0.5, 0.6) is 0 Å². The van der Waals surface area contributed by atoms with Gasteiger partial charge in [0, 0.05) is 22.4 Å². The van der Waals surface area contributed by atoms with Gasteiger partial charge in [-0.2, -0.15) is 13.2 Å². The molecule has 1 heterocycles. The lowest BCUT2D eigenvalue weighted by atomic mass is 10.1. The highest BCUT2D eigenvalue weighted by Gasteiger charge is 2.33. The summed E-state index contributed by atoms with van der Waals surface area (Å²) in [6.07, 6.45) is -3.67. The summed E-state index contributed by atoms with van der Waals surface area (Å²) in [7, 11) is 0. The van der Waals surface area contributed by atoms with Crippen LogP contribution < -0.4 is 16.4 Å². The van der Waals surface area contributed by atoms with E-state index >= 15 is 0 Å². The van der Waals surface area contributed by atoms with E-state index < -0.39 is 11.7 Å². The molecule has 24 heavy (non-hydrogen) atoms. The van der Waals surface area contributed by atoms with Crippen molar-refractivity contribution in [3.05, 3.63) is 42.0 Å². The summed E-state index contributed by atoms with van der Waals surface area (Å²) in [4.78, 5) is 1.46. The summed E-state index contributed by atoms with van der Waals surface area (Å²) < 4.78 is 39.8. The second-order valence-corrected chi connectivity index (χ2v) is 6.69. The first kappa shape index (κ1) is 17.0. The van der Waals surface area contributed by atoms with Gasteiger partial charge in [-0.15, -0.1) is 0 Å². The highest BCUT2D eigenvalue weighted by Crippen LogP contribution is 2.49. The molecule has 2 aromatic rings. The van der Waals surface area contributed by atoms with Gasteiger partial charge in [-0.3, -0.25) is 0 Å². The third-order valence-electron chi connectivity index (χ3n) is 3.93. The summed E-state index contributed by atoms with van der Waals surface area (Å²) in [5.41, 5.74) is 7.02. The Morgan fingerprint density at radius 2 is 1.96 bits per heavy atom. The Labute approximate surface area is 142 Å². The SMILES string of the molecule is CCC(CN)Nc1cc(C(F)(F)F)cc2c1Nc1ccccc1S2. The molecular formula is C17H18F3N3S. The molecule has 0 spiro atoms. The zero-order valence-electron chi connectivity index (χ0n) is 13.1. The Hall–Kier alpha value is -1.86. The van der Waals surface area contributed by atoms with Crippen LogP contribution in [0.2, 0.25) is 0 Å². The summed E-state index contributed by atoms with van der Waals surface area (Å²) in [6, 6.07) is 9.82. The smallest absolute Gasteiger partial charge is 0.379 e. The number of nitrogens with two attached hydrogens (primary N) is 1. The van der Waals surface area contributed by atoms with Crippen LogP contribution in [0, 0.1) is 0 Å². The van der Waals surface area contributed by atoms with E-state index in [2.05, 4.69) is 10.6 Å². The van der Waals surface area contributed by atoms with Crippen molar-refractivity contribution < 1.29 is 13.2 Å². The fraction of sp³-hybridized carbons (Fsp3) is 0.294. The van der Waals surface area contributed by atoms with E-state index in [-0.39, 0.29) is 6.04 Å². The molecule has 0 amide bonds. The minimum absolute atomic E-state index is 0.0819. The Balaban J connectivity index is 2.07. The number of fused-ring (bicyclic) bond motifs is 2. The number of nitrogens with one attached hydrogen (secondary N) is 2. The van der Waals surface area contributed by atoms with Crippen molar-refractivity contribution in [3.63, 3.8) is 0 Å². The van der Waals surface area contributed by atoms with Gasteiger partial charge >= 0.3 is 6.18 Å². The fourth-order valence-electron chi connectivity index (χ4n) is 2.56. The Morgan fingerprint density at radius 1 is 1.21 bits per heavy atom. The summed E-state index contributed by atoms with van der Waals surface area (Å²) >= 11 is 1.34. The van der Waals surface area contributed by atoms with Gasteiger partial charge in [0.1, 0.15) is 0 Å². The number of rotatable bonds is 4. The number of benzene rings is 2. The zero-order chi connectivity index (χ0) is 17.3. The molecule has 0 aromatic heterocycles. The fourth-order valence-corrected chi connectivity index (χ4v) is 3.62. The molecule has 1 aliphatic heterocycles. The minimum Gasteiger partial charge on any atom is -0.379 e. The van der Waals surface area contributed by atoms with Crippen molar-refractivity contribution >= 4 is 28.8 Å². The quantitative estimate of drug-likeness (QED) is 0.613. The first-order valence-electron chi connectivity index (χ1n) is 7.68. The topological polar surface area (TPSA) is 50.1 Å². The first-order chi connectivity index (χ1) is 11.4. The Morgan fingerprint density at radius 3 is 2.62 bits per heavy atom. The van der Waals surface area contributed by atoms with Gasteiger partial charge in [0.05, 0.1) is 22.6 Å². The lowest BCUT2D eigenvalue weighted by Gasteiger charge is -2.27. The molecule has 7 heteroatoms. The largest absolute Gasteiger partial charge is 0.416 e. The molecule has 0 fully saturated rings. The van der Waals surface area contributed by atoms with Gasteiger partial charge in [0.15, 0.2) is 0 Å². The van der Waals surface area contributed by atoms with Crippen molar-refractivity contribution in [3.8, 4) is 0 Å². The van der Waals surface area contributed by atoms with Gasteiger partial charge in [-0.25, -0.2) is 0 Å². The van der Waals surface area contributed by atoms with E-state index in [9.17, 15) is 13.2 Å². The van der Waals surface area contributed by atoms with Gasteiger partial charge < -0.3 is 16.4 Å². The van der Waals surface area contributed by atoms with Crippen molar-refractivity contribution in [2.24, 2.45) is 5.73 Å². The number of hydrogen-bond acceptors (Lipinski definition) is 4. The Bertz CT molecular complexity index is 742. The molecule has 1 atom stereocenters. The summed E-state index contributed by atoms with van der Waals surface area (Å²) in [5.74, 6) is 0. The molecule has 2 aromatic carbocycles. The van der Waals surface area contributed by atoms with E-state index in [0.29, 0.717) is 22.8 Å². The molecular weight excluding hydrogens is 335 g/mol. The second-order valence-electron chi connectivity index (χ2n) is 5.60. The highest BCUT2D eigenvalue weighted by atomic mass is 32.2. The van der Waals surface area contributed by atoms with Crippen molar-refractivity contribution in [1.82, 2.24) is 0 Å². The first-order valence-corrected chi connectivity index (χ1v) is 8.49. The number of anilines is 3. The van der Waals surface area contributed by atoms with E-state index in [1.165, 1.54) is 17.8 Å². The summed E-state index contributed by atoms with van der Waals surface area (Å²) in [5, 5.41) is 6.40. The molecule has 0 bridgehead atoms. The average molecular weight is 353 g/mol. The molecule has 3 rings (SSSR count). The van der Waals surface area contributed by atoms with E-state index in [1.807, 2.05) is 31.2 Å². The van der Waals surface area contributed by atoms with Crippen LogP contribution in [-0.2, 0) is 6.18 Å². The van der Waals surface area contributed by atoms with Gasteiger partial charge in [-0.1, -0.05) is 30.8 Å². The minimum atomic E-state index is -4.40. The third-order valence-corrected chi connectivity index (χ3v) is 5.05. The molecule has 1 unspecified atom stereocenters. The third kappa shape index (κ3) is 3.32.